The van der Waals surface area contributed by atoms with Gasteiger partial charge in [0.25, 0.3) is 0 Å². The zero-order valence-corrected chi connectivity index (χ0v) is 36.5. The molecule has 0 atom stereocenters. The largest absolute Gasteiger partial charge is 0.507 e. The molecule has 5 aromatic rings. The number of phenolic OH excluding ortho intramolecular Hbond substituents is 3. The first-order chi connectivity index (χ1) is 26.3. The highest BCUT2D eigenvalue weighted by Crippen LogP contribution is 2.43. The Hall–Kier alpha value is -4.74. The lowest BCUT2D eigenvalue weighted by Gasteiger charge is -2.27. The van der Waals surface area contributed by atoms with Crippen molar-refractivity contribution in [2.24, 2.45) is 0 Å². The molecule has 0 radical (unpaired) electrons. The van der Waals surface area contributed by atoms with Crippen LogP contribution in [0.4, 0.5) is 0 Å². The van der Waals surface area contributed by atoms with E-state index in [0.717, 1.165) is 33.4 Å². The van der Waals surface area contributed by atoms with Gasteiger partial charge in [0.15, 0.2) is 0 Å². The van der Waals surface area contributed by atoms with Crippen molar-refractivity contribution in [3.8, 4) is 23.0 Å². The number of aromatic hydroxyl groups is 3. The summed E-state index contributed by atoms with van der Waals surface area (Å²) < 4.78 is 6.45. The van der Waals surface area contributed by atoms with Gasteiger partial charge in [0.1, 0.15) is 23.0 Å². The van der Waals surface area contributed by atoms with Crippen LogP contribution in [0.1, 0.15) is 160 Å². The van der Waals surface area contributed by atoms with E-state index >= 15 is 0 Å². The first-order valence-electron chi connectivity index (χ1n) is 20.0. The van der Waals surface area contributed by atoms with Crippen LogP contribution >= 0.6 is 11.6 Å². The number of carbonyl (C=O) groups excluding carboxylic acids is 1. The van der Waals surface area contributed by atoms with Crippen molar-refractivity contribution in [2.75, 3.05) is 0 Å². The van der Waals surface area contributed by atoms with Gasteiger partial charge in [-0.25, -0.2) is 4.79 Å². The maximum absolute atomic E-state index is 14.0. The molecule has 8 bridgehead atoms. The van der Waals surface area contributed by atoms with Crippen molar-refractivity contribution in [1.82, 2.24) is 0 Å². The highest BCUT2D eigenvalue weighted by atomic mass is 35.5. The Morgan fingerprint density at radius 1 is 0.474 bits per heavy atom. The second kappa shape index (κ2) is 14.9. The smallest absolute Gasteiger partial charge is 0.343 e. The van der Waals surface area contributed by atoms with Gasteiger partial charge in [-0.1, -0.05) is 149 Å². The van der Waals surface area contributed by atoms with Crippen LogP contribution in [-0.2, 0) is 47.3 Å². The molecule has 1 aliphatic carbocycles. The lowest BCUT2D eigenvalue weighted by atomic mass is 9.79. The third-order valence-corrected chi connectivity index (χ3v) is 11.5. The lowest BCUT2D eigenvalue weighted by molar-refractivity contribution is 0.0731. The number of carbonyl (C=O) groups is 1. The summed E-state index contributed by atoms with van der Waals surface area (Å²) in [5.41, 5.74) is 9.09. The minimum absolute atomic E-state index is 0.143. The summed E-state index contributed by atoms with van der Waals surface area (Å²) in [6, 6.07) is 23.2. The first-order valence-corrected chi connectivity index (χ1v) is 20.4. The van der Waals surface area contributed by atoms with Crippen LogP contribution in [0, 0.1) is 0 Å². The van der Waals surface area contributed by atoms with Crippen molar-refractivity contribution in [2.45, 2.75) is 130 Å². The average Bonchev–Trinajstić information content (AvgIpc) is 3.08. The zero-order chi connectivity index (χ0) is 42.0. The highest BCUT2D eigenvalue weighted by molar-refractivity contribution is 6.30. The predicted octanol–water partition coefficient (Wildman–Crippen LogP) is 12.5. The Morgan fingerprint density at radius 2 is 0.754 bits per heavy atom. The van der Waals surface area contributed by atoms with Crippen molar-refractivity contribution in [3.63, 3.8) is 0 Å². The maximum atomic E-state index is 14.0. The quantitative estimate of drug-likeness (QED) is 0.120. The third kappa shape index (κ3) is 9.05. The number of phenols is 3. The van der Waals surface area contributed by atoms with Crippen LogP contribution in [0.5, 0.6) is 23.0 Å². The van der Waals surface area contributed by atoms with Gasteiger partial charge in [-0.2, -0.15) is 0 Å². The standard InChI is InChI=1S/C51H59ClO5/c1-48(2,3)38-20-30-16-32-22-39(49(4,5)6)24-34(44(32)54)18-36-26-41(51(10,11)12)27-37(46(36)57-47(56)29-14-13-15-42(52)28-29)19-35-25-40(50(7,8)9)23-33(45(35)55)17-31(21-38)43(30)53/h13-15,20-28,53-55H,16-19H2,1-12H3. The van der Waals surface area contributed by atoms with Gasteiger partial charge < -0.3 is 20.1 Å². The van der Waals surface area contributed by atoms with E-state index in [1.807, 2.05) is 24.3 Å². The molecule has 0 saturated heterocycles. The molecule has 3 N–H and O–H groups in total. The van der Waals surface area contributed by atoms with E-state index < -0.39 is 5.97 Å². The molecule has 300 valence electrons. The molecule has 0 spiro atoms. The molecule has 5 nitrogen and oxygen atoms in total. The minimum Gasteiger partial charge on any atom is -0.507 e. The number of ether oxygens (including phenoxy) is 1. The van der Waals surface area contributed by atoms with Gasteiger partial charge in [-0.05, 0) is 95.5 Å². The summed E-state index contributed by atoms with van der Waals surface area (Å²) in [5, 5.41) is 37.0. The third-order valence-electron chi connectivity index (χ3n) is 11.3. The number of hydrogen-bond donors (Lipinski definition) is 3. The maximum Gasteiger partial charge on any atom is 0.343 e. The van der Waals surface area contributed by atoms with Crippen LogP contribution < -0.4 is 4.74 Å². The van der Waals surface area contributed by atoms with Crippen LogP contribution in [0.3, 0.4) is 0 Å². The van der Waals surface area contributed by atoms with Gasteiger partial charge in [-0.15, -0.1) is 0 Å². The molecule has 0 amide bonds. The summed E-state index contributed by atoms with van der Waals surface area (Å²) in [6.45, 7) is 25.8. The highest BCUT2D eigenvalue weighted by Gasteiger charge is 2.29. The normalized spacial score (nSPS) is 13.7. The number of hydrogen-bond acceptors (Lipinski definition) is 5. The molecule has 0 fully saturated rings. The van der Waals surface area contributed by atoms with Gasteiger partial charge in [0.05, 0.1) is 5.56 Å². The minimum atomic E-state index is -0.553. The molecule has 6 heteroatoms. The molecule has 5 aromatic carbocycles. The molecule has 0 saturated carbocycles. The molecule has 6 rings (SSSR count). The second-order valence-corrected chi connectivity index (χ2v) is 20.6. The Kier molecular flexibility index (Phi) is 10.9. The summed E-state index contributed by atoms with van der Waals surface area (Å²) in [4.78, 5) is 14.0. The Bertz CT molecular complexity index is 2260. The Morgan fingerprint density at radius 3 is 1.04 bits per heavy atom. The van der Waals surface area contributed by atoms with Gasteiger partial charge in [0.2, 0.25) is 0 Å². The summed E-state index contributed by atoms with van der Waals surface area (Å²) >= 11 is 6.34. The zero-order valence-electron chi connectivity index (χ0n) is 35.8. The van der Waals surface area contributed by atoms with Gasteiger partial charge in [0, 0.05) is 41.8 Å². The van der Waals surface area contributed by atoms with E-state index in [1.165, 1.54) is 0 Å². The van der Waals surface area contributed by atoms with Gasteiger partial charge in [-0.3, -0.25) is 0 Å². The summed E-state index contributed by atoms with van der Waals surface area (Å²) in [5.74, 6) is 0.286. The van der Waals surface area contributed by atoms with E-state index in [1.54, 1.807) is 24.3 Å². The number of rotatable bonds is 2. The fourth-order valence-corrected chi connectivity index (χ4v) is 7.75. The lowest BCUT2D eigenvalue weighted by Crippen LogP contribution is -2.17. The second-order valence-electron chi connectivity index (χ2n) is 20.2. The summed E-state index contributed by atoms with van der Waals surface area (Å²) in [7, 11) is 0. The number of halogens is 1. The molecule has 57 heavy (non-hydrogen) atoms. The van der Waals surface area contributed by atoms with Crippen molar-refractivity contribution in [3.05, 3.63) is 150 Å². The molecule has 0 unspecified atom stereocenters. The van der Waals surface area contributed by atoms with Crippen LogP contribution in [0.2, 0.25) is 5.02 Å². The van der Waals surface area contributed by atoms with Crippen LogP contribution in [-0.4, -0.2) is 21.3 Å². The number of esters is 1. The Labute approximate surface area is 344 Å². The molecule has 0 aromatic heterocycles. The van der Waals surface area contributed by atoms with Crippen molar-refractivity contribution in [1.29, 1.82) is 0 Å². The van der Waals surface area contributed by atoms with E-state index in [9.17, 15) is 20.1 Å². The molecule has 0 heterocycles. The first kappa shape index (κ1) is 41.9. The topological polar surface area (TPSA) is 87.0 Å². The predicted molar refractivity (Wildman–Crippen MR) is 233 cm³/mol. The van der Waals surface area contributed by atoms with E-state index in [-0.39, 0.29) is 64.6 Å². The van der Waals surface area contributed by atoms with Crippen LogP contribution in [0.15, 0.2) is 72.8 Å². The van der Waals surface area contributed by atoms with Crippen molar-refractivity contribution < 1.29 is 24.9 Å². The molecular formula is C51H59ClO5. The molecule has 1 aliphatic rings. The SMILES string of the molecule is CC(C)(C)c1cc2c(O)c(c1)Cc1cc(C(C)(C)C)cc(c1O)Cc1cc(C(C)(C)C)cc(c1OC(=O)c1cccc(Cl)c1)Cc1cc(C(C)(C)C)cc(c1O)C2. The molecular weight excluding hydrogens is 728 g/mol. The van der Waals surface area contributed by atoms with E-state index in [0.29, 0.717) is 49.7 Å². The monoisotopic (exact) mass is 786 g/mol. The number of benzene rings is 5. The Balaban J connectivity index is 1.72. The van der Waals surface area contributed by atoms with Crippen LogP contribution in [0.25, 0.3) is 0 Å². The average molecular weight is 787 g/mol. The van der Waals surface area contributed by atoms with E-state index in [2.05, 4.69) is 107 Å². The fraction of sp³-hybridized carbons (Fsp3) is 0.392. The molecule has 0 aliphatic heterocycles. The summed E-state index contributed by atoms with van der Waals surface area (Å²) in [6.07, 6.45) is 1.09. The van der Waals surface area contributed by atoms with E-state index in [4.69, 9.17) is 16.3 Å². The number of fused-ring (bicyclic) bond motifs is 8. The van der Waals surface area contributed by atoms with Crippen molar-refractivity contribution >= 4 is 17.6 Å². The van der Waals surface area contributed by atoms with Gasteiger partial charge >= 0.3 is 5.97 Å². The fourth-order valence-electron chi connectivity index (χ4n) is 7.56.